The van der Waals surface area contributed by atoms with E-state index < -0.39 is 0 Å². The van der Waals surface area contributed by atoms with Crippen molar-refractivity contribution in [3.63, 3.8) is 0 Å². The van der Waals surface area contributed by atoms with E-state index in [1.54, 1.807) is 38.5 Å². The van der Waals surface area contributed by atoms with Crippen molar-refractivity contribution in [1.29, 1.82) is 0 Å². The number of ketones is 1. The standard InChI is InChI=1S/C16H16ClNO2.C16H15ClO2/c1-10-4-6-14(17)12(8-10)16(18-19)13-9-11(2)5-7-15(13)20-3;1-10-4-6-14(17)12(8-10)16(18)13-9-11(2)5-7-15(13)19-3/h4-9,19H,1-3H3;4-9H,1-3H3/b18-16+;. The molecule has 0 radical (unpaired) electrons. The first-order chi connectivity index (χ1) is 18.6. The van der Waals surface area contributed by atoms with Gasteiger partial charge in [-0.15, -0.1) is 0 Å². The second kappa shape index (κ2) is 13.3. The molecule has 0 unspecified atom stereocenters. The molecule has 0 heterocycles. The zero-order valence-electron chi connectivity index (χ0n) is 22.8. The average Bonchev–Trinajstić information content (AvgIpc) is 2.92. The van der Waals surface area contributed by atoms with Crippen molar-refractivity contribution in [2.45, 2.75) is 27.7 Å². The van der Waals surface area contributed by atoms with Crippen molar-refractivity contribution in [2.75, 3.05) is 14.2 Å². The molecule has 39 heavy (non-hydrogen) atoms. The molecule has 0 saturated heterocycles. The molecule has 5 nitrogen and oxygen atoms in total. The van der Waals surface area contributed by atoms with E-state index in [1.165, 1.54) is 0 Å². The highest BCUT2D eigenvalue weighted by atomic mass is 35.5. The number of nitrogens with zero attached hydrogens (tertiary/aromatic N) is 1. The molecule has 0 aromatic heterocycles. The Bertz CT molecular complexity index is 1530. The Balaban J connectivity index is 0.000000216. The van der Waals surface area contributed by atoms with Gasteiger partial charge in [-0.1, -0.05) is 74.9 Å². The van der Waals surface area contributed by atoms with Crippen LogP contribution in [-0.4, -0.2) is 30.9 Å². The third kappa shape index (κ3) is 7.20. The molecular formula is C32H31Cl2NO4. The second-order valence-corrected chi connectivity index (χ2v) is 9.97. The lowest BCUT2D eigenvalue weighted by atomic mass is 9.98. The number of ether oxygens (including phenoxy) is 2. The van der Waals surface area contributed by atoms with Crippen LogP contribution in [0.2, 0.25) is 10.0 Å². The molecule has 202 valence electrons. The fraction of sp³-hybridized carbons (Fsp3) is 0.188. The number of carbonyl (C=O) groups is 1. The maximum atomic E-state index is 12.6. The quantitative estimate of drug-likeness (QED) is 0.111. The number of hydrogen-bond acceptors (Lipinski definition) is 5. The molecule has 0 atom stereocenters. The van der Waals surface area contributed by atoms with Crippen LogP contribution in [0, 0.1) is 27.7 Å². The lowest BCUT2D eigenvalue weighted by Gasteiger charge is -2.12. The van der Waals surface area contributed by atoms with E-state index >= 15 is 0 Å². The monoisotopic (exact) mass is 563 g/mol. The third-order valence-electron chi connectivity index (χ3n) is 6.05. The maximum Gasteiger partial charge on any atom is 0.198 e. The first kappa shape index (κ1) is 29.8. The summed E-state index contributed by atoms with van der Waals surface area (Å²) >= 11 is 12.3. The van der Waals surface area contributed by atoms with Crippen molar-refractivity contribution in [1.82, 2.24) is 0 Å². The number of hydrogen-bond donors (Lipinski definition) is 1. The number of oxime groups is 1. The van der Waals surface area contributed by atoms with E-state index in [1.807, 2.05) is 76.2 Å². The van der Waals surface area contributed by atoms with Crippen LogP contribution in [0.25, 0.3) is 0 Å². The third-order valence-corrected chi connectivity index (χ3v) is 6.71. The van der Waals surface area contributed by atoms with E-state index in [-0.39, 0.29) is 5.78 Å². The highest BCUT2D eigenvalue weighted by Crippen LogP contribution is 2.28. The van der Waals surface area contributed by atoms with Gasteiger partial charge in [0.2, 0.25) is 0 Å². The van der Waals surface area contributed by atoms with Gasteiger partial charge < -0.3 is 14.7 Å². The van der Waals surface area contributed by atoms with Crippen molar-refractivity contribution in [3.05, 3.63) is 127 Å². The summed E-state index contributed by atoms with van der Waals surface area (Å²) in [6, 6.07) is 22.2. The van der Waals surface area contributed by atoms with Crippen LogP contribution in [-0.2, 0) is 0 Å². The number of halogens is 2. The summed E-state index contributed by atoms with van der Waals surface area (Å²) in [4.78, 5) is 12.6. The van der Waals surface area contributed by atoms with E-state index in [2.05, 4.69) is 5.16 Å². The van der Waals surface area contributed by atoms with Gasteiger partial charge in [0.25, 0.3) is 0 Å². The molecule has 4 rings (SSSR count). The Morgan fingerprint density at radius 2 is 1.00 bits per heavy atom. The molecule has 0 aliphatic heterocycles. The molecule has 4 aromatic carbocycles. The SMILES string of the molecule is COc1ccc(C)cc1/C(=N/O)c1cc(C)ccc1Cl.COc1ccc(C)cc1C(=O)c1cc(C)ccc1Cl. The average molecular weight is 565 g/mol. The van der Waals surface area contributed by atoms with Crippen LogP contribution >= 0.6 is 23.2 Å². The Morgan fingerprint density at radius 1 is 0.615 bits per heavy atom. The summed E-state index contributed by atoms with van der Waals surface area (Å²) in [7, 11) is 3.14. The molecule has 1 N–H and O–H groups in total. The largest absolute Gasteiger partial charge is 0.496 e. The number of aryl methyl sites for hydroxylation is 4. The highest BCUT2D eigenvalue weighted by molar-refractivity contribution is 6.36. The molecule has 7 heteroatoms. The maximum absolute atomic E-state index is 12.6. The Labute approximate surface area is 239 Å². The first-order valence-electron chi connectivity index (χ1n) is 12.2. The van der Waals surface area contributed by atoms with Gasteiger partial charge in [-0.3, -0.25) is 4.79 Å². The molecule has 4 aromatic rings. The van der Waals surface area contributed by atoms with Gasteiger partial charge in [0.05, 0.1) is 29.8 Å². The summed E-state index contributed by atoms with van der Waals surface area (Å²) in [6.07, 6.45) is 0. The van der Waals surface area contributed by atoms with Gasteiger partial charge >= 0.3 is 0 Å². The molecular weight excluding hydrogens is 533 g/mol. The molecule has 0 spiro atoms. The van der Waals surface area contributed by atoms with Crippen molar-refractivity contribution in [2.24, 2.45) is 5.16 Å². The zero-order valence-corrected chi connectivity index (χ0v) is 24.3. The first-order valence-corrected chi connectivity index (χ1v) is 12.9. The Hall–Kier alpha value is -3.80. The lowest BCUT2D eigenvalue weighted by Crippen LogP contribution is -2.07. The molecule has 0 aliphatic carbocycles. The fourth-order valence-electron chi connectivity index (χ4n) is 4.04. The smallest absolute Gasteiger partial charge is 0.198 e. The van der Waals surface area contributed by atoms with Gasteiger partial charge in [0.1, 0.15) is 17.2 Å². The molecule has 0 saturated carbocycles. The van der Waals surface area contributed by atoms with E-state index in [4.69, 9.17) is 32.7 Å². The van der Waals surface area contributed by atoms with Crippen molar-refractivity contribution < 1.29 is 19.5 Å². The molecule has 0 amide bonds. The van der Waals surface area contributed by atoms with Crippen molar-refractivity contribution in [3.8, 4) is 11.5 Å². The summed E-state index contributed by atoms with van der Waals surface area (Å²) < 4.78 is 10.6. The Kier molecular flexibility index (Phi) is 10.2. The molecule has 0 bridgehead atoms. The number of carbonyl (C=O) groups excluding carboxylic acids is 1. The lowest BCUT2D eigenvalue weighted by molar-refractivity contribution is 0.103. The second-order valence-electron chi connectivity index (χ2n) is 9.15. The summed E-state index contributed by atoms with van der Waals surface area (Å²) in [5.41, 5.74) is 6.93. The van der Waals surface area contributed by atoms with Gasteiger partial charge in [0.15, 0.2) is 5.78 Å². The van der Waals surface area contributed by atoms with Crippen LogP contribution < -0.4 is 9.47 Å². The minimum Gasteiger partial charge on any atom is -0.496 e. The van der Waals surface area contributed by atoms with Gasteiger partial charge in [0, 0.05) is 16.7 Å². The summed E-state index contributed by atoms with van der Waals surface area (Å²) in [5.74, 6) is 1.09. The predicted molar refractivity (Wildman–Crippen MR) is 159 cm³/mol. The van der Waals surface area contributed by atoms with Gasteiger partial charge in [-0.2, -0.15) is 0 Å². The number of benzene rings is 4. The van der Waals surface area contributed by atoms with Crippen LogP contribution in [0.3, 0.4) is 0 Å². The summed E-state index contributed by atoms with van der Waals surface area (Å²) in [5, 5.41) is 13.9. The minimum atomic E-state index is -0.116. The van der Waals surface area contributed by atoms with Crippen LogP contribution in [0.1, 0.15) is 49.3 Å². The topological polar surface area (TPSA) is 68.1 Å². The minimum absolute atomic E-state index is 0.116. The summed E-state index contributed by atoms with van der Waals surface area (Å²) in [6.45, 7) is 7.80. The van der Waals surface area contributed by atoms with E-state index in [9.17, 15) is 10.0 Å². The Morgan fingerprint density at radius 3 is 1.49 bits per heavy atom. The van der Waals surface area contributed by atoms with E-state index in [0.717, 1.165) is 22.3 Å². The number of methoxy groups -OCH3 is 2. The normalized spacial score (nSPS) is 10.9. The van der Waals surface area contributed by atoms with Crippen LogP contribution in [0.15, 0.2) is 78.0 Å². The number of rotatable bonds is 6. The van der Waals surface area contributed by atoms with E-state index in [0.29, 0.717) is 49.5 Å². The predicted octanol–water partition coefficient (Wildman–Crippen LogP) is 8.39. The fourth-order valence-corrected chi connectivity index (χ4v) is 4.45. The van der Waals surface area contributed by atoms with Gasteiger partial charge in [-0.25, -0.2) is 0 Å². The molecule has 0 fully saturated rings. The van der Waals surface area contributed by atoms with Crippen molar-refractivity contribution >= 4 is 34.7 Å². The van der Waals surface area contributed by atoms with Crippen LogP contribution in [0.4, 0.5) is 0 Å². The highest BCUT2D eigenvalue weighted by Gasteiger charge is 2.18. The van der Waals surface area contributed by atoms with Gasteiger partial charge in [-0.05, 0) is 76.2 Å². The van der Waals surface area contributed by atoms with Crippen LogP contribution in [0.5, 0.6) is 11.5 Å². The molecule has 0 aliphatic rings. The zero-order chi connectivity index (χ0) is 28.7.